The van der Waals surface area contributed by atoms with Crippen molar-refractivity contribution in [3.05, 3.63) is 28.2 Å². The van der Waals surface area contributed by atoms with Gasteiger partial charge in [-0.2, -0.15) is 0 Å². The molecule has 1 aliphatic rings. The fourth-order valence-electron chi connectivity index (χ4n) is 2.29. The zero-order chi connectivity index (χ0) is 10.7. The second kappa shape index (κ2) is 5.02. The predicted octanol–water partition coefficient (Wildman–Crippen LogP) is 4.37. The van der Waals surface area contributed by atoms with Crippen LogP contribution < -0.4 is 5.32 Å². The van der Waals surface area contributed by atoms with Crippen molar-refractivity contribution in [1.29, 1.82) is 0 Å². The number of nitrogens with one attached hydrogen (secondary N) is 1. The molecule has 1 saturated carbocycles. The van der Waals surface area contributed by atoms with E-state index in [1.807, 2.05) is 0 Å². The van der Waals surface area contributed by atoms with Crippen LogP contribution in [0, 0.1) is 0 Å². The molecule has 1 aromatic rings. The van der Waals surface area contributed by atoms with Crippen molar-refractivity contribution in [2.75, 3.05) is 5.32 Å². The van der Waals surface area contributed by atoms with Gasteiger partial charge < -0.3 is 5.32 Å². The van der Waals surface area contributed by atoms with E-state index in [2.05, 4.69) is 46.4 Å². The highest BCUT2D eigenvalue weighted by molar-refractivity contribution is 9.10. The summed E-state index contributed by atoms with van der Waals surface area (Å²) in [6.45, 7) is 2.21. The second-order valence-corrected chi connectivity index (χ2v) is 5.20. The topological polar surface area (TPSA) is 12.0 Å². The van der Waals surface area contributed by atoms with Crippen molar-refractivity contribution < 1.29 is 0 Å². The Morgan fingerprint density at radius 3 is 2.73 bits per heavy atom. The number of hydrogen-bond acceptors (Lipinski definition) is 1. The van der Waals surface area contributed by atoms with Gasteiger partial charge in [-0.1, -0.05) is 35.7 Å². The highest BCUT2D eigenvalue weighted by Crippen LogP contribution is 2.26. The van der Waals surface area contributed by atoms with Crippen LogP contribution in [-0.2, 0) is 6.42 Å². The van der Waals surface area contributed by atoms with Crippen LogP contribution in [-0.4, -0.2) is 6.04 Å². The molecule has 15 heavy (non-hydrogen) atoms. The van der Waals surface area contributed by atoms with Gasteiger partial charge in [0.1, 0.15) is 0 Å². The van der Waals surface area contributed by atoms with Gasteiger partial charge in [0.2, 0.25) is 0 Å². The van der Waals surface area contributed by atoms with E-state index in [0.717, 1.165) is 6.42 Å². The second-order valence-electron chi connectivity index (χ2n) is 4.28. The van der Waals surface area contributed by atoms with Crippen LogP contribution in [0.1, 0.15) is 38.2 Å². The van der Waals surface area contributed by atoms with E-state index >= 15 is 0 Å². The Kier molecular flexibility index (Phi) is 3.68. The molecule has 0 atom stereocenters. The minimum atomic E-state index is 0.705. The van der Waals surface area contributed by atoms with Gasteiger partial charge >= 0.3 is 0 Å². The van der Waals surface area contributed by atoms with Gasteiger partial charge in [-0.15, -0.1) is 0 Å². The number of halogens is 1. The number of benzene rings is 1. The number of rotatable bonds is 3. The van der Waals surface area contributed by atoms with Crippen LogP contribution in [0.4, 0.5) is 5.69 Å². The van der Waals surface area contributed by atoms with Gasteiger partial charge in [-0.3, -0.25) is 0 Å². The highest BCUT2D eigenvalue weighted by Gasteiger charge is 2.15. The Morgan fingerprint density at radius 2 is 2.07 bits per heavy atom. The first kappa shape index (κ1) is 11.0. The first-order valence-electron chi connectivity index (χ1n) is 5.84. The summed E-state index contributed by atoms with van der Waals surface area (Å²) >= 11 is 3.52. The molecule has 1 aromatic carbocycles. The normalized spacial score (nSPS) is 16.9. The lowest BCUT2D eigenvalue weighted by atomic mass is 10.1. The number of anilines is 1. The van der Waals surface area contributed by atoms with Crippen LogP contribution in [0.25, 0.3) is 0 Å². The minimum absolute atomic E-state index is 0.705. The molecular weight excluding hydrogens is 250 g/mol. The number of aryl methyl sites for hydroxylation is 1. The average Bonchev–Trinajstić information content (AvgIpc) is 2.73. The summed E-state index contributed by atoms with van der Waals surface area (Å²) in [5.41, 5.74) is 2.74. The largest absolute Gasteiger partial charge is 0.382 e. The Labute approximate surface area is 100 Å². The maximum atomic E-state index is 3.67. The molecule has 1 nitrogen and oxygen atoms in total. The zero-order valence-corrected chi connectivity index (χ0v) is 10.8. The quantitative estimate of drug-likeness (QED) is 0.858. The van der Waals surface area contributed by atoms with Crippen molar-refractivity contribution in [3.63, 3.8) is 0 Å². The summed E-state index contributed by atoms with van der Waals surface area (Å²) in [6.07, 6.45) is 6.53. The van der Waals surface area contributed by atoms with Crippen LogP contribution in [0.15, 0.2) is 22.7 Å². The van der Waals surface area contributed by atoms with E-state index in [-0.39, 0.29) is 0 Å². The first-order chi connectivity index (χ1) is 7.29. The Balaban J connectivity index is 2.12. The zero-order valence-electron chi connectivity index (χ0n) is 9.22. The lowest BCUT2D eigenvalue weighted by Gasteiger charge is -2.16. The Bertz CT molecular complexity index is 329. The van der Waals surface area contributed by atoms with Gasteiger partial charge in [-0.05, 0) is 43.0 Å². The standard InChI is InChI=1S/C13H18BrN/c1-2-10-9-11(14)7-8-13(10)15-12-5-3-4-6-12/h7-9,12,15H,2-6H2,1H3. The molecule has 1 fully saturated rings. The van der Waals surface area contributed by atoms with Gasteiger partial charge in [0, 0.05) is 16.2 Å². The fraction of sp³-hybridized carbons (Fsp3) is 0.538. The van der Waals surface area contributed by atoms with Crippen LogP contribution >= 0.6 is 15.9 Å². The average molecular weight is 268 g/mol. The number of hydrogen-bond donors (Lipinski definition) is 1. The summed E-state index contributed by atoms with van der Waals surface area (Å²) in [5, 5.41) is 3.67. The van der Waals surface area contributed by atoms with Gasteiger partial charge in [0.05, 0.1) is 0 Å². The molecule has 0 heterocycles. The molecule has 82 valence electrons. The fourth-order valence-corrected chi connectivity index (χ4v) is 2.69. The summed E-state index contributed by atoms with van der Waals surface area (Å²) in [5.74, 6) is 0. The molecule has 0 amide bonds. The predicted molar refractivity (Wildman–Crippen MR) is 69.4 cm³/mol. The molecule has 1 N–H and O–H groups in total. The molecule has 1 aliphatic carbocycles. The first-order valence-corrected chi connectivity index (χ1v) is 6.64. The molecule has 0 unspecified atom stereocenters. The van der Waals surface area contributed by atoms with Gasteiger partial charge in [0.25, 0.3) is 0 Å². The summed E-state index contributed by atoms with van der Waals surface area (Å²) in [7, 11) is 0. The van der Waals surface area contributed by atoms with E-state index in [0.29, 0.717) is 6.04 Å². The molecule has 0 saturated heterocycles. The van der Waals surface area contributed by atoms with Crippen LogP contribution in [0.3, 0.4) is 0 Å². The maximum absolute atomic E-state index is 3.67. The third-order valence-corrected chi connectivity index (χ3v) is 3.66. The van der Waals surface area contributed by atoms with Crippen LogP contribution in [0.5, 0.6) is 0 Å². The maximum Gasteiger partial charge on any atom is 0.0375 e. The van der Waals surface area contributed by atoms with E-state index in [1.54, 1.807) is 0 Å². The van der Waals surface area contributed by atoms with Crippen molar-refractivity contribution in [2.24, 2.45) is 0 Å². The summed E-state index contributed by atoms with van der Waals surface area (Å²) in [6, 6.07) is 7.24. The summed E-state index contributed by atoms with van der Waals surface area (Å²) < 4.78 is 1.18. The molecule has 2 rings (SSSR count). The highest BCUT2D eigenvalue weighted by atomic mass is 79.9. The Morgan fingerprint density at radius 1 is 1.33 bits per heavy atom. The molecular formula is C13H18BrN. The van der Waals surface area contributed by atoms with Crippen molar-refractivity contribution in [3.8, 4) is 0 Å². The lowest BCUT2D eigenvalue weighted by Crippen LogP contribution is -2.15. The van der Waals surface area contributed by atoms with Crippen molar-refractivity contribution in [1.82, 2.24) is 0 Å². The van der Waals surface area contributed by atoms with Gasteiger partial charge in [-0.25, -0.2) is 0 Å². The smallest absolute Gasteiger partial charge is 0.0375 e. The van der Waals surface area contributed by atoms with Crippen molar-refractivity contribution >= 4 is 21.6 Å². The van der Waals surface area contributed by atoms with E-state index in [4.69, 9.17) is 0 Å². The van der Waals surface area contributed by atoms with Crippen molar-refractivity contribution in [2.45, 2.75) is 45.1 Å². The van der Waals surface area contributed by atoms with E-state index < -0.39 is 0 Å². The molecule has 2 heteroatoms. The van der Waals surface area contributed by atoms with Gasteiger partial charge in [0.15, 0.2) is 0 Å². The SMILES string of the molecule is CCc1cc(Br)ccc1NC1CCCC1. The van der Waals surface area contributed by atoms with E-state index in [1.165, 1.54) is 41.4 Å². The summed E-state index contributed by atoms with van der Waals surface area (Å²) in [4.78, 5) is 0. The molecule has 0 aliphatic heterocycles. The third-order valence-electron chi connectivity index (χ3n) is 3.16. The molecule has 0 spiro atoms. The monoisotopic (exact) mass is 267 g/mol. The molecule has 0 radical (unpaired) electrons. The lowest BCUT2D eigenvalue weighted by molar-refractivity contribution is 0.753. The minimum Gasteiger partial charge on any atom is -0.382 e. The Hall–Kier alpha value is -0.500. The van der Waals surface area contributed by atoms with Crippen LogP contribution in [0.2, 0.25) is 0 Å². The molecule has 0 aromatic heterocycles. The third kappa shape index (κ3) is 2.75. The van der Waals surface area contributed by atoms with E-state index in [9.17, 15) is 0 Å². The molecule has 0 bridgehead atoms.